The van der Waals surface area contributed by atoms with Crippen LogP contribution in [0.4, 0.5) is 10.5 Å². The molecule has 2 N–H and O–H groups in total. The van der Waals surface area contributed by atoms with Crippen LogP contribution in [0.3, 0.4) is 0 Å². The molecule has 0 spiro atoms. The standard InChI is InChI=1S/C18H27N3O3/c1-18(2,3)12-20-17(23)19-9-7-13-5-6-15-14(11-13)21(4)16(22)8-10-24-15/h5-6,11H,7-10,12H2,1-4H3,(H2,19,20,23). The van der Waals surface area contributed by atoms with Gasteiger partial charge in [-0.2, -0.15) is 0 Å². The van der Waals surface area contributed by atoms with Gasteiger partial charge >= 0.3 is 6.03 Å². The van der Waals surface area contributed by atoms with Crippen LogP contribution in [0, 0.1) is 5.41 Å². The smallest absolute Gasteiger partial charge is 0.314 e. The number of hydrogen-bond donors (Lipinski definition) is 2. The van der Waals surface area contributed by atoms with Crippen LogP contribution in [-0.2, 0) is 11.2 Å². The molecular formula is C18H27N3O3. The Hall–Kier alpha value is -2.24. The number of carbonyl (C=O) groups is 2. The Balaban J connectivity index is 1.89. The largest absolute Gasteiger partial charge is 0.491 e. The summed E-state index contributed by atoms with van der Waals surface area (Å²) >= 11 is 0. The fourth-order valence-corrected chi connectivity index (χ4v) is 2.38. The van der Waals surface area contributed by atoms with E-state index in [1.807, 2.05) is 18.2 Å². The maximum absolute atomic E-state index is 11.9. The number of nitrogens with one attached hydrogen (secondary N) is 2. The molecule has 0 unspecified atom stereocenters. The molecule has 6 nitrogen and oxygen atoms in total. The number of urea groups is 1. The zero-order chi connectivity index (χ0) is 17.7. The molecule has 1 aliphatic heterocycles. The van der Waals surface area contributed by atoms with Gasteiger partial charge in [0.15, 0.2) is 0 Å². The van der Waals surface area contributed by atoms with Crippen molar-refractivity contribution < 1.29 is 14.3 Å². The van der Waals surface area contributed by atoms with Crippen molar-refractivity contribution in [1.82, 2.24) is 10.6 Å². The molecule has 0 saturated heterocycles. The Morgan fingerprint density at radius 1 is 1.29 bits per heavy atom. The molecule has 1 aromatic carbocycles. The highest BCUT2D eigenvalue weighted by Gasteiger charge is 2.20. The number of carbonyl (C=O) groups excluding carboxylic acids is 2. The molecule has 132 valence electrons. The second kappa shape index (κ2) is 7.55. The van der Waals surface area contributed by atoms with Gasteiger partial charge in [0.25, 0.3) is 0 Å². The molecule has 1 aromatic rings. The zero-order valence-corrected chi connectivity index (χ0v) is 14.9. The Morgan fingerprint density at radius 2 is 2.04 bits per heavy atom. The van der Waals surface area contributed by atoms with Crippen LogP contribution in [0.15, 0.2) is 18.2 Å². The van der Waals surface area contributed by atoms with Gasteiger partial charge in [-0.05, 0) is 29.5 Å². The van der Waals surface area contributed by atoms with Crippen molar-refractivity contribution in [2.45, 2.75) is 33.6 Å². The van der Waals surface area contributed by atoms with Crippen molar-refractivity contribution in [2.75, 3.05) is 31.6 Å². The number of benzene rings is 1. The van der Waals surface area contributed by atoms with E-state index in [0.717, 1.165) is 17.0 Å². The lowest BCUT2D eigenvalue weighted by Gasteiger charge is -2.19. The van der Waals surface area contributed by atoms with Gasteiger partial charge in [0.1, 0.15) is 5.75 Å². The molecule has 0 saturated carbocycles. The van der Waals surface area contributed by atoms with Crippen LogP contribution < -0.4 is 20.3 Å². The third kappa shape index (κ3) is 5.15. The Bertz CT molecular complexity index is 608. The topological polar surface area (TPSA) is 70.7 Å². The van der Waals surface area contributed by atoms with E-state index in [1.165, 1.54) is 0 Å². The van der Waals surface area contributed by atoms with E-state index >= 15 is 0 Å². The van der Waals surface area contributed by atoms with Crippen LogP contribution in [0.2, 0.25) is 0 Å². The summed E-state index contributed by atoms with van der Waals surface area (Å²) in [6, 6.07) is 5.65. The first-order valence-electron chi connectivity index (χ1n) is 8.30. The van der Waals surface area contributed by atoms with E-state index in [9.17, 15) is 9.59 Å². The average molecular weight is 333 g/mol. The normalized spacial score (nSPS) is 14.5. The van der Waals surface area contributed by atoms with Gasteiger partial charge in [0.2, 0.25) is 5.91 Å². The van der Waals surface area contributed by atoms with Gasteiger partial charge in [-0.25, -0.2) is 4.79 Å². The number of anilines is 1. The highest BCUT2D eigenvalue weighted by molar-refractivity contribution is 5.95. The summed E-state index contributed by atoms with van der Waals surface area (Å²) in [5, 5.41) is 5.71. The first kappa shape index (κ1) is 18.1. The average Bonchev–Trinajstić information content (AvgIpc) is 2.65. The quantitative estimate of drug-likeness (QED) is 0.888. The van der Waals surface area contributed by atoms with E-state index in [0.29, 0.717) is 32.5 Å². The summed E-state index contributed by atoms with van der Waals surface area (Å²) in [4.78, 5) is 25.3. The van der Waals surface area contributed by atoms with Gasteiger partial charge in [0, 0.05) is 20.1 Å². The predicted octanol–water partition coefficient (Wildman–Crippen LogP) is 2.32. The van der Waals surface area contributed by atoms with Crippen molar-refractivity contribution in [3.8, 4) is 5.75 Å². The minimum atomic E-state index is -0.157. The number of ether oxygens (including phenoxy) is 1. The number of rotatable bonds is 4. The lowest BCUT2D eigenvalue weighted by Crippen LogP contribution is -2.40. The van der Waals surface area contributed by atoms with Gasteiger partial charge in [0.05, 0.1) is 18.7 Å². The molecule has 6 heteroatoms. The SMILES string of the molecule is CN1C(=O)CCOc2ccc(CCNC(=O)NCC(C)(C)C)cc21. The molecule has 2 rings (SSSR count). The van der Waals surface area contributed by atoms with Gasteiger partial charge in [-0.1, -0.05) is 26.8 Å². The highest BCUT2D eigenvalue weighted by atomic mass is 16.5. The molecule has 0 fully saturated rings. The highest BCUT2D eigenvalue weighted by Crippen LogP contribution is 2.31. The summed E-state index contributed by atoms with van der Waals surface area (Å²) in [7, 11) is 1.76. The van der Waals surface area contributed by atoms with E-state index in [2.05, 4.69) is 31.4 Å². The van der Waals surface area contributed by atoms with Gasteiger partial charge in [-0.15, -0.1) is 0 Å². The molecule has 1 heterocycles. The summed E-state index contributed by atoms with van der Waals surface area (Å²) < 4.78 is 5.61. The van der Waals surface area contributed by atoms with Crippen LogP contribution in [-0.4, -0.2) is 38.7 Å². The van der Waals surface area contributed by atoms with Crippen LogP contribution in [0.1, 0.15) is 32.8 Å². The van der Waals surface area contributed by atoms with Gasteiger partial charge < -0.3 is 20.3 Å². The maximum Gasteiger partial charge on any atom is 0.314 e. The summed E-state index contributed by atoms with van der Waals surface area (Å²) in [5.41, 5.74) is 1.90. The Labute approximate surface area is 143 Å². The molecule has 0 radical (unpaired) electrons. The molecule has 24 heavy (non-hydrogen) atoms. The van der Waals surface area contributed by atoms with E-state index in [1.54, 1.807) is 11.9 Å². The number of hydrogen-bond acceptors (Lipinski definition) is 3. The second-order valence-electron chi connectivity index (χ2n) is 7.27. The fourth-order valence-electron chi connectivity index (χ4n) is 2.38. The minimum absolute atomic E-state index is 0.0468. The third-order valence-electron chi connectivity index (χ3n) is 3.81. The van der Waals surface area contributed by atoms with E-state index in [4.69, 9.17) is 4.74 Å². The molecule has 1 aliphatic rings. The Kier molecular flexibility index (Phi) is 5.70. The molecular weight excluding hydrogens is 306 g/mol. The first-order valence-corrected chi connectivity index (χ1v) is 8.30. The summed E-state index contributed by atoms with van der Waals surface area (Å²) in [6.07, 6.45) is 1.08. The van der Waals surface area contributed by atoms with Crippen LogP contribution in [0.25, 0.3) is 0 Å². The number of amides is 3. The van der Waals surface area contributed by atoms with Crippen molar-refractivity contribution in [3.63, 3.8) is 0 Å². The Morgan fingerprint density at radius 3 is 2.75 bits per heavy atom. The predicted molar refractivity (Wildman–Crippen MR) is 94.5 cm³/mol. The number of nitrogens with zero attached hydrogens (tertiary/aromatic N) is 1. The fraction of sp³-hybridized carbons (Fsp3) is 0.556. The zero-order valence-electron chi connectivity index (χ0n) is 14.9. The number of fused-ring (bicyclic) bond motifs is 1. The molecule has 0 aliphatic carbocycles. The molecule has 3 amide bonds. The van der Waals surface area contributed by atoms with Crippen molar-refractivity contribution in [1.29, 1.82) is 0 Å². The molecule has 0 atom stereocenters. The maximum atomic E-state index is 11.9. The van der Waals surface area contributed by atoms with Crippen LogP contribution in [0.5, 0.6) is 5.75 Å². The summed E-state index contributed by atoms with van der Waals surface area (Å²) in [6.45, 7) is 7.79. The second-order valence-corrected chi connectivity index (χ2v) is 7.27. The monoisotopic (exact) mass is 333 g/mol. The van der Waals surface area contributed by atoms with Crippen molar-refractivity contribution >= 4 is 17.6 Å². The van der Waals surface area contributed by atoms with E-state index in [-0.39, 0.29) is 17.4 Å². The lowest BCUT2D eigenvalue weighted by atomic mass is 9.97. The summed E-state index contributed by atoms with van der Waals surface area (Å²) in [5.74, 6) is 0.772. The van der Waals surface area contributed by atoms with E-state index < -0.39 is 0 Å². The van der Waals surface area contributed by atoms with Crippen molar-refractivity contribution in [2.24, 2.45) is 5.41 Å². The van der Waals surface area contributed by atoms with Crippen LogP contribution >= 0.6 is 0 Å². The lowest BCUT2D eigenvalue weighted by molar-refractivity contribution is -0.118. The third-order valence-corrected chi connectivity index (χ3v) is 3.81. The van der Waals surface area contributed by atoms with Crippen molar-refractivity contribution in [3.05, 3.63) is 23.8 Å². The molecule has 0 aromatic heterocycles. The molecule has 0 bridgehead atoms. The minimum Gasteiger partial charge on any atom is -0.491 e. The van der Waals surface area contributed by atoms with Gasteiger partial charge in [-0.3, -0.25) is 4.79 Å². The first-order chi connectivity index (χ1) is 11.3.